The van der Waals surface area contributed by atoms with E-state index in [1.54, 1.807) is 24.3 Å². The van der Waals surface area contributed by atoms with Gasteiger partial charge in [-0.25, -0.2) is 4.79 Å². The minimum Gasteiger partial charge on any atom is -0.422 e. The Morgan fingerprint density at radius 2 is 1.82 bits per heavy atom. The maximum absolute atomic E-state index is 13.1. The standard InChI is InChI=1S/C23H26ClNO3/c1-2-20(23-10-13-5-14(11-23)7-15(6-13)12-23)25-21(26)18-9-16-8-17(24)3-4-19(16)28-22(18)27/h3-4,8-9,13-15,20H,2,5-7,10-12H2,1H3,(H,25,26). The first-order valence-corrected chi connectivity index (χ1v) is 10.9. The number of fused-ring (bicyclic) bond motifs is 1. The molecule has 6 rings (SSSR count). The number of amides is 1. The summed E-state index contributed by atoms with van der Waals surface area (Å²) >= 11 is 6.05. The van der Waals surface area contributed by atoms with Gasteiger partial charge in [0.25, 0.3) is 5.91 Å². The highest BCUT2D eigenvalue weighted by Crippen LogP contribution is 2.61. The maximum atomic E-state index is 13.1. The first kappa shape index (κ1) is 18.2. The van der Waals surface area contributed by atoms with Crippen molar-refractivity contribution < 1.29 is 9.21 Å². The molecule has 4 nitrogen and oxygen atoms in total. The van der Waals surface area contributed by atoms with Crippen LogP contribution in [0.2, 0.25) is 5.02 Å². The van der Waals surface area contributed by atoms with Crippen molar-refractivity contribution in [2.75, 3.05) is 0 Å². The van der Waals surface area contributed by atoms with Crippen LogP contribution in [0.5, 0.6) is 0 Å². The van der Waals surface area contributed by atoms with Gasteiger partial charge in [-0.05, 0) is 92.4 Å². The summed E-state index contributed by atoms with van der Waals surface area (Å²) in [5, 5.41) is 4.44. The van der Waals surface area contributed by atoms with Crippen LogP contribution in [0.25, 0.3) is 11.0 Å². The first-order valence-electron chi connectivity index (χ1n) is 10.5. The number of halogens is 1. The topological polar surface area (TPSA) is 59.3 Å². The zero-order valence-electron chi connectivity index (χ0n) is 16.2. The summed E-state index contributed by atoms with van der Waals surface area (Å²) in [6.07, 6.45) is 8.68. The summed E-state index contributed by atoms with van der Waals surface area (Å²) in [4.78, 5) is 25.5. The van der Waals surface area contributed by atoms with Crippen LogP contribution in [0.4, 0.5) is 0 Å². The Bertz CT molecular complexity index is 960. The SMILES string of the molecule is CCC(NC(=O)c1cc2cc(Cl)ccc2oc1=O)C12CC3CC(CC(C3)C1)C2. The summed E-state index contributed by atoms with van der Waals surface area (Å²) in [7, 11) is 0. The van der Waals surface area contributed by atoms with Gasteiger partial charge in [0.2, 0.25) is 0 Å². The van der Waals surface area contributed by atoms with Crippen LogP contribution in [0.1, 0.15) is 62.2 Å². The van der Waals surface area contributed by atoms with E-state index in [4.69, 9.17) is 16.0 Å². The van der Waals surface area contributed by atoms with Gasteiger partial charge in [0.15, 0.2) is 0 Å². The molecule has 0 aliphatic heterocycles. The molecule has 28 heavy (non-hydrogen) atoms. The average molecular weight is 400 g/mol. The molecule has 0 radical (unpaired) electrons. The lowest BCUT2D eigenvalue weighted by molar-refractivity contribution is -0.0727. The van der Waals surface area contributed by atoms with Crippen molar-refractivity contribution in [1.29, 1.82) is 0 Å². The second-order valence-electron chi connectivity index (χ2n) is 9.34. The number of nitrogens with one attached hydrogen (secondary N) is 1. The normalized spacial score (nSPS) is 31.9. The number of hydrogen-bond donors (Lipinski definition) is 1. The molecule has 2 aromatic rings. The fourth-order valence-electron chi connectivity index (χ4n) is 6.78. The van der Waals surface area contributed by atoms with E-state index in [9.17, 15) is 9.59 Å². The first-order chi connectivity index (χ1) is 13.5. The number of carbonyl (C=O) groups excluding carboxylic acids is 1. The molecule has 0 spiro atoms. The van der Waals surface area contributed by atoms with Crippen molar-refractivity contribution >= 4 is 28.5 Å². The predicted molar refractivity (Wildman–Crippen MR) is 110 cm³/mol. The van der Waals surface area contributed by atoms with Crippen LogP contribution in [0.3, 0.4) is 0 Å². The molecule has 4 fully saturated rings. The van der Waals surface area contributed by atoms with Crippen LogP contribution >= 0.6 is 11.6 Å². The van der Waals surface area contributed by atoms with Crippen molar-refractivity contribution in [2.45, 2.75) is 57.9 Å². The van der Waals surface area contributed by atoms with Crippen LogP contribution in [0, 0.1) is 23.2 Å². The Morgan fingerprint density at radius 3 is 2.43 bits per heavy atom. The van der Waals surface area contributed by atoms with E-state index >= 15 is 0 Å². The fraction of sp³-hybridized carbons (Fsp3) is 0.565. The van der Waals surface area contributed by atoms with Gasteiger partial charge in [-0.2, -0.15) is 0 Å². The van der Waals surface area contributed by atoms with Gasteiger partial charge in [-0.1, -0.05) is 18.5 Å². The van der Waals surface area contributed by atoms with Crippen LogP contribution in [-0.2, 0) is 0 Å². The van der Waals surface area contributed by atoms with Gasteiger partial charge in [-0.15, -0.1) is 0 Å². The lowest BCUT2D eigenvalue weighted by Gasteiger charge is -2.59. The van der Waals surface area contributed by atoms with Gasteiger partial charge >= 0.3 is 5.63 Å². The Morgan fingerprint density at radius 1 is 1.18 bits per heavy atom. The van der Waals surface area contributed by atoms with E-state index in [1.165, 1.54) is 38.5 Å². The van der Waals surface area contributed by atoms with Crippen molar-refractivity contribution in [2.24, 2.45) is 23.2 Å². The average Bonchev–Trinajstić information content (AvgIpc) is 2.64. The molecular formula is C23H26ClNO3. The van der Waals surface area contributed by atoms with Gasteiger partial charge in [0.05, 0.1) is 0 Å². The van der Waals surface area contributed by atoms with Gasteiger partial charge < -0.3 is 9.73 Å². The van der Waals surface area contributed by atoms with Crippen molar-refractivity contribution in [1.82, 2.24) is 5.32 Å². The zero-order valence-corrected chi connectivity index (χ0v) is 16.9. The van der Waals surface area contributed by atoms with Crippen LogP contribution in [-0.4, -0.2) is 11.9 Å². The molecule has 1 unspecified atom stereocenters. The van der Waals surface area contributed by atoms with Crippen molar-refractivity contribution in [3.63, 3.8) is 0 Å². The van der Waals surface area contributed by atoms with Gasteiger partial charge in [0.1, 0.15) is 11.1 Å². The van der Waals surface area contributed by atoms with Gasteiger partial charge in [0, 0.05) is 16.5 Å². The van der Waals surface area contributed by atoms with E-state index in [-0.39, 0.29) is 22.9 Å². The molecule has 4 aliphatic carbocycles. The molecule has 4 aliphatic rings. The maximum Gasteiger partial charge on any atom is 0.349 e. The molecule has 1 aromatic heterocycles. The number of benzene rings is 1. The second-order valence-corrected chi connectivity index (χ2v) is 9.78. The highest BCUT2D eigenvalue weighted by molar-refractivity contribution is 6.31. The Balaban J connectivity index is 1.43. The Labute approximate surface area is 169 Å². The van der Waals surface area contributed by atoms with E-state index in [0.717, 1.165) is 24.2 Å². The molecule has 1 N–H and O–H groups in total. The van der Waals surface area contributed by atoms with Gasteiger partial charge in [-0.3, -0.25) is 4.79 Å². The molecule has 0 saturated heterocycles. The minimum absolute atomic E-state index is 0.0675. The van der Waals surface area contributed by atoms with Crippen LogP contribution in [0.15, 0.2) is 33.5 Å². The van der Waals surface area contributed by atoms with Crippen molar-refractivity contribution in [3.05, 3.63) is 45.3 Å². The number of hydrogen-bond acceptors (Lipinski definition) is 3. The third kappa shape index (κ3) is 2.97. The lowest BCUT2D eigenvalue weighted by Crippen LogP contribution is -2.57. The monoisotopic (exact) mass is 399 g/mol. The van der Waals surface area contributed by atoms with Crippen molar-refractivity contribution in [3.8, 4) is 0 Å². The summed E-state index contributed by atoms with van der Waals surface area (Å²) in [6, 6.07) is 6.77. The fourth-order valence-corrected chi connectivity index (χ4v) is 6.96. The highest BCUT2D eigenvalue weighted by atomic mass is 35.5. The molecule has 1 atom stereocenters. The predicted octanol–water partition coefficient (Wildman–Crippen LogP) is 5.17. The van der Waals surface area contributed by atoms with Crippen LogP contribution < -0.4 is 10.9 Å². The van der Waals surface area contributed by atoms with E-state index < -0.39 is 5.63 Å². The van der Waals surface area contributed by atoms with E-state index in [0.29, 0.717) is 16.0 Å². The van der Waals surface area contributed by atoms with E-state index in [1.807, 2.05) is 0 Å². The zero-order chi connectivity index (χ0) is 19.5. The quantitative estimate of drug-likeness (QED) is 0.721. The molecule has 1 heterocycles. The highest BCUT2D eigenvalue weighted by Gasteiger charge is 2.54. The lowest BCUT2D eigenvalue weighted by atomic mass is 9.47. The third-order valence-corrected chi connectivity index (χ3v) is 7.71. The molecule has 148 valence electrons. The summed E-state index contributed by atoms with van der Waals surface area (Å²) in [5.74, 6) is 2.15. The molecule has 1 amide bonds. The minimum atomic E-state index is -0.590. The third-order valence-electron chi connectivity index (χ3n) is 7.48. The summed E-state index contributed by atoms with van der Waals surface area (Å²) < 4.78 is 5.36. The Hall–Kier alpha value is -1.81. The second kappa shape index (κ2) is 6.62. The molecular weight excluding hydrogens is 374 g/mol. The number of carbonyl (C=O) groups is 1. The summed E-state index contributed by atoms with van der Waals surface area (Å²) in [5.41, 5.74) is 0.129. The summed E-state index contributed by atoms with van der Waals surface area (Å²) in [6.45, 7) is 2.15. The smallest absolute Gasteiger partial charge is 0.349 e. The number of rotatable bonds is 4. The Kier molecular flexibility index (Phi) is 4.31. The largest absolute Gasteiger partial charge is 0.422 e. The molecule has 5 heteroatoms. The molecule has 4 saturated carbocycles. The molecule has 1 aromatic carbocycles. The van der Waals surface area contributed by atoms with E-state index in [2.05, 4.69) is 12.2 Å². The molecule has 4 bridgehead atoms.